The summed E-state index contributed by atoms with van der Waals surface area (Å²) in [4.78, 5) is 14.8. The maximum atomic E-state index is 10.6. The summed E-state index contributed by atoms with van der Waals surface area (Å²) < 4.78 is 5.33. The quantitative estimate of drug-likeness (QED) is 0.576. The number of primary amides is 1. The fourth-order valence-electron chi connectivity index (χ4n) is 1.50. The van der Waals surface area contributed by atoms with Crippen LogP contribution >= 0.6 is 0 Å². The molecular formula is C10H13N5O2. The van der Waals surface area contributed by atoms with Gasteiger partial charge < -0.3 is 20.8 Å². The van der Waals surface area contributed by atoms with Gasteiger partial charge in [-0.2, -0.15) is 0 Å². The van der Waals surface area contributed by atoms with E-state index in [0.29, 0.717) is 17.2 Å². The van der Waals surface area contributed by atoms with E-state index in [2.05, 4.69) is 15.6 Å². The van der Waals surface area contributed by atoms with Gasteiger partial charge in [-0.1, -0.05) is 0 Å². The molecule has 2 amide bonds. The van der Waals surface area contributed by atoms with E-state index in [-0.39, 0.29) is 0 Å². The van der Waals surface area contributed by atoms with Gasteiger partial charge in [0, 0.05) is 12.6 Å². The molecular weight excluding hydrogens is 222 g/mol. The van der Waals surface area contributed by atoms with Crippen molar-refractivity contribution in [2.75, 3.05) is 5.32 Å². The highest BCUT2D eigenvalue weighted by Crippen LogP contribution is 2.19. The lowest BCUT2D eigenvalue weighted by Crippen LogP contribution is -2.49. The van der Waals surface area contributed by atoms with Crippen molar-refractivity contribution in [2.45, 2.75) is 13.2 Å². The normalized spacial score (nSPS) is 12.4. The topological polar surface area (TPSA) is 119 Å². The standard InChI is InChI=1S/C10H13N5O2/c1-5-13-7-4-6(2-3-8(7)17-5)14-9(11)15-10(12)16/h2-4,9,14H,11H2,1H3,(H3,12,15,16). The molecule has 2 rings (SSSR count). The summed E-state index contributed by atoms with van der Waals surface area (Å²) in [5.41, 5.74) is 12.7. The zero-order chi connectivity index (χ0) is 12.4. The molecule has 90 valence electrons. The van der Waals surface area contributed by atoms with E-state index in [4.69, 9.17) is 15.9 Å². The number of rotatable bonds is 3. The molecule has 0 spiro atoms. The number of benzene rings is 1. The smallest absolute Gasteiger partial charge is 0.314 e. The van der Waals surface area contributed by atoms with Crippen LogP contribution < -0.4 is 22.1 Å². The van der Waals surface area contributed by atoms with E-state index in [9.17, 15) is 4.79 Å². The van der Waals surface area contributed by atoms with Gasteiger partial charge in [0.15, 0.2) is 17.8 Å². The van der Waals surface area contributed by atoms with E-state index < -0.39 is 12.3 Å². The summed E-state index contributed by atoms with van der Waals surface area (Å²) in [5, 5.41) is 5.16. The summed E-state index contributed by atoms with van der Waals surface area (Å²) in [6, 6.07) is 4.63. The average Bonchev–Trinajstić information content (AvgIpc) is 2.55. The highest BCUT2D eigenvalue weighted by molar-refractivity contribution is 5.77. The van der Waals surface area contributed by atoms with Crippen LogP contribution in [0, 0.1) is 6.92 Å². The molecule has 0 aliphatic heterocycles. The van der Waals surface area contributed by atoms with Crippen molar-refractivity contribution in [2.24, 2.45) is 11.5 Å². The molecule has 1 atom stereocenters. The number of urea groups is 1. The lowest BCUT2D eigenvalue weighted by atomic mass is 10.3. The van der Waals surface area contributed by atoms with Crippen LogP contribution in [-0.2, 0) is 0 Å². The summed E-state index contributed by atoms with van der Waals surface area (Å²) in [6.07, 6.45) is -0.752. The monoisotopic (exact) mass is 235 g/mol. The zero-order valence-corrected chi connectivity index (χ0v) is 9.23. The number of amides is 2. The number of nitrogens with one attached hydrogen (secondary N) is 2. The van der Waals surface area contributed by atoms with E-state index in [1.165, 1.54) is 0 Å². The van der Waals surface area contributed by atoms with Crippen LogP contribution in [0.2, 0.25) is 0 Å². The van der Waals surface area contributed by atoms with Gasteiger partial charge in [-0.3, -0.25) is 5.73 Å². The van der Waals surface area contributed by atoms with Gasteiger partial charge in [-0.25, -0.2) is 9.78 Å². The van der Waals surface area contributed by atoms with Crippen LogP contribution in [0.3, 0.4) is 0 Å². The third kappa shape index (κ3) is 2.64. The van der Waals surface area contributed by atoms with Crippen molar-refractivity contribution in [1.29, 1.82) is 0 Å². The fraction of sp³-hybridized carbons (Fsp3) is 0.200. The van der Waals surface area contributed by atoms with E-state index >= 15 is 0 Å². The lowest BCUT2D eigenvalue weighted by Gasteiger charge is -2.14. The third-order valence-corrected chi connectivity index (χ3v) is 2.11. The number of nitrogens with two attached hydrogens (primary N) is 2. The Hall–Kier alpha value is -2.28. The first-order chi connectivity index (χ1) is 8.04. The van der Waals surface area contributed by atoms with Gasteiger partial charge in [0.2, 0.25) is 0 Å². The molecule has 7 heteroatoms. The Balaban J connectivity index is 2.16. The Morgan fingerprint density at radius 2 is 2.29 bits per heavy atom. The van der Waals surface area contributed by atoms with Crippen molar-refractivity contribution in [3.8, 4) is 0 Å². The highest BCUT2D eigenvalue weighted by atomic mass is 16.3. The molecule has 1 aromatic heterocycles. The van der Waals surface area contributed by atoms with Gasteiger partial charge in [0.05, 0.1) is 0 Å². The van der Waals surface area contributed by atoms with E-state index in [0.717, 1.165) is 5.52 Å². The maximum absolute atomic E-state index is 10.6. The number of nitrogens with zero attached hydrogens (tertiary/aromatic N) is 1. The first-order valence-electron chi connectivity index (χ1n) is 5.00. The highest BCUT2D eigenvalue weighted by Gasteiger charge is 2.06. The summed E-state index contributed by atoms with van der Waals surface area (Å²) in [6.45, 7) is 1.77. The van der Waals surface area contributed by atoms with Crippen molar-refractivity contribution >= 4 is 22.8 Å². The summed E-state index contributed by atoms with van der Waals surface area (Å²) >= 11 is 0. The number of aryl methyl sites for hydroxylation is 1. The average molecular weight is 235 g/mol. The molecule has 0 fully saturated rings. The maximum Gasteiger partial charge on any atom is 0.314 e. The molecule has 0 bridgehead atoms. The second kappa shape index (κ2) is 4.30. The summed E-state index contributed by atoms with van der Waals surface area (Å²) in [7, 11) is 0. The van der Waals surface area contributed by atoms with Crippen molar-refractivity contribution in [3.05, 3.63) is 24.1 Å². The second-order valence-electron chi connectivity index (χ2n) is 3.55. The molecule has 0 saturated carbocycles. The molecule has 6 N–H and O–H groups in total. The molecule has 0 aliphatic rings. The molecule has 7 nitrogen and oxygen atoms in total. The number of anilines is 1. The lowest BCUT2D eigenvalue weighted by molar-refractivity contribution is 0.246. The molecule has 1 heterocycles. The minimum Gasteiger partial charge on any atom is -0.441 e. The minimum absolute atomic E-state index is 0.594. The first-order valence-corrected chi connectivity index (χ1v) is 5.00. The molecule has 0 radical (unpaired) electrons. The van der Waals surface area contributed by atoms with Crippen LogP contribution in [0.1, 0.15) is 5.89 Å². The van der Waals surface area contributed by atoms with E-state index in [1.807, 2.05) is 0 Å². The third-order valence-electron chi connectivity index (χ3n) is 2.11. The molecule has 1 unspecified atom stereocenters. The first kappa shape index (κ1) is 11.2. The Morgan fingerprint density at radius 1 is 1.53 bits per heavy atom. The zero-order valence-electron chi connectivity index (χ0n) is 9.23. The van der Waals surface area contributed by atoms with Crippen molar-refractivity contribution < 1.29 is 9.21 Å². The number of aromatic nitrogens is 1. The molecule has 0 saturated heterocycles. The number of hydrogen-bond acceptors (Lipinski definition) is 5. The molecule has 17 heavy (non-hydrogen) atoms. The van der Waals surface area contributed by atoms with Crippen molar-refractivity contribution in [3.63, 3.8) is 0 Å². The van der Waals surface area contributed by atoms with Crippen LogP contribution in [0.25, 0.3) is 11.1 Å². The molecule has 0 aliphatic carbocycles. The van der Waals surface area contributed by atoms with Gasteiger partial charge in [0.1, 0.15) is 5.52 Å². The SMILES string of the molecule is Cc1nc2cc(NC(N)NC(N)=O)ccc2o1. The molecule has 1 aromatic carbocycles. The number of fused-ring (bicyclic) bond motifs is 1. The predicted octanol–water partition coefficient (Wildman–Crippen LogP) is 0.459. The van der Waals surface area contributed by atoms with E-state index in [1.54, 1.807) is 25.1 Å². The Kier molecular flexibility index (Phi) is 2.84. The minimum atomic E-state index is -0.752. The van der Waals surface area contributed by atoms with Gasteiger partial charge in [-0.05, 0) is 18.2 Å². The van der Waals surface area contributed by atoms with Gasteiger partial charge in [-0.15, -0.1) is 0 Å². The predicted molar refractivity (Wildman–Crippen MR) is 63.1 cm³/mol. The van der Waals surface area contributed by atoms with Crippen LogP contribution in [0.4, 0.5) is 10.5 Å². The Bertz CT molecular complexity index is 551. The van der Waals surface area contributed by atoms with Crippen molar-refractivity contribution in [1.82, 2.24) is 10.3 Å². The van der Waals surface area contributed by atoms with Gasteiger partial charge in [0.25, 0.3) is 0 Å². The molecule has 2 aromatic rings. The summed E-state index contributed by atoms with van der Waals surface area (Å²) in [5.74, 6) is 0.594. The second-order valence-corrected chi connectivity index (χ2v) is 3.55. The van der Waals surface area contributed by atoms with Crippen LogP contribution in [-0.4, -0.2) is 17.3 Å². The number of carbonyl (C=O) groups excluding carboxylic acids is 1. The number of carbonyl (C=O) groups is 1. The van der Waals surface area contributed by atoms with Gasteiger partial charge >= 0.3 is 6.03 Å². The largest absolute Gasteiger partial charge is 0.441 e. The number of hydrogen-bond donors (Lipinski definition) is 4. The van der Waals surface area contributed by atoms with Crippen LogP contribution in [0.5, 0.6) is 0 Å². The fourth-order valence-corrected chi connectivity index (χ4v) is 1.50. The van der Waals surface area contributed by atoms with Crippen LogP contribution in [0.15, 0.2) is 22.6 Å². The number of oxazole rings is 1. The Morgan fingerprint density at radius 3 is 3.00 bits per heavy atom. The Labute approximate surface area is 97.2 Å².